The lowest BCUT2D eigenvalue weighted by Crippen LogP contribution is -1.98. The third kappa shape index (κ3) is 1.70. The molecule has 0 aliphatic rings. The van der Waals surface area contributed by atoms with Crippen LogP contribution in [0.1, 0.15) is 12.6 Å². The Morgan fingerprint density at radius 2 is 2.12 bits per heavy atom. The molecule has 0 bridgehead atoms. The zero-order valence-corrected chi connectivity index (χ0v) is 10.5. The number of halogens is 1. The van der Waals surface area contributed by atoms with Crippen molar-refractivity contribution in [1.82, 2.24) is 9.78 Å². The normalized spacial score (nSPS) is 12.2. The fourth-order valence-corrected chi connectivity index (χ4v) is 2.75. The zero-order valence-electron chi connectivity index (χ0n) is 8.94. The van der Waals surface area contributed by atoms with Crippen LogP contribution < -0.4 is 0 Å². The number of benzene rings is 1. The second-order valence-corrected chi connectivity index (χ2v) is 6.03. The van der Waals surface area contributed by atoms with E-state index in [0.29, 0.717) is 12.1 Å². The summed E-state index contributed by atoms with van der Waals surface area (Å²) in [6, 6.07) is 4.98. The second-order valence-electron chi connectivity index (χ2n) is 3.49. The van der Waals surface area contributed by atoms with Crippen molar-refractivity contribution in [2.75, 3.05) is 0 Å². The molecule has 0 aliphatic heterocycles. The van der Waals surface area contributed by atoms with Gasteiger partial charge in [-0.05, 0) is 19.9 Å². The number of aromatic nitrogens is 2. The van der Waals surface area contributed by atoms with Gasteiger partial charge in [0, 0.05) is 28.3 Å². The largest absolute Gasteiger partial charge is 0.269 e. The first kappa shape index (κ1) is 11.4. The minimum absolute atomic E-state index is 0.0713. The monoisotopic (exact) mass is 258 g/mol. The summed E-state index contributed by atoms with van der Waals surface area (Å²) in [5.74, 6) is 0. The summed E-state index contributed by atoms with van der Waals surface area (Å²) in [7, 11) is 1.62. The van der Waals surface area contributed by atoms with Gasteiger partial charge in [-0.3, -0.25) is 4.68 Å². The maximum atomic E-state index is 11.4. The van der Waals surface area contributed by atoms with Gasteiger partial charge in [0.2, 0.25) is 0 Å². The van der Waals surface area contributed by atoms with Gasteiger partial charge < -0.3 is 0 Å². The zero-order chi connectivity index (χ0) is 11.9. The molecule has 0 spiro atoms. The molecule has 0 amide bonds. The summed E-state index contributed by atoms with van der Waals surface area (Å²) in [5, 5.41) is 5.07. The van der Waals surface area contributed by atoms with Crippen LogP contribution in [0.5, 0.6) is 0 Å². The van der Waals surface area contributed by atoms with Crippen molar-refractivity contribution in [3.05, 3.63) is 23.9 Å². The molecule has 4 nitrogen and oxygen atoms in total. The number of fused-ring (bicyclic) bond motifs is 1. The van der Waals surface area contributed by atoms with Gasteiger partial charge in [0.15, 0.2) is 0 Å². The molecule has 86 valence electrons. The van der Waals surface area contributed by atoms with Crippen LogP contribution in [0.3, 0.4) is 0 Å². The summed E-state index contributed by atoms with van der Waals surface area (Å²) < 4.78 is 24.5. The van der Waals surface area contributed by atoms with Crippen LogP contribution in [0, 0.1) is 6.92 Å². The lowest BCUT2D eigenvalue weighted by molar-refractivity contribution is 0.609. The van der Waals surface area contributed by atoms with Gasteiger partial charge in [0.1, 0.15) is 10.4 Å². The predicted molar refractivity (Wildman–Crippen MR) is 63.2 cm³/mol. The molecule has 0 fully saturated rings. The van der Waals surface area contributed by atoms with Crippen LogP contribution >= 0.6 is 10.7 Å². The number of nitrogens with zero attached hydrogens (tertiary/aromatic N) is 2. The first-order valence-corrected chi connectivity index (χ1v) is 7.17. The number of hydrogen-bond acceptors (Lipinski definition) is 3. The highest BCUT2D eigenvalue weighted by Gasteiger charge is 2.18. The van der Waals surface area contributed by atoms with E-state index in [4.69, 9.17) is 10.7 Å². The Kier molecular flexibility index (Phi) is 2.67. The average Bonchev–Trinajstić information content (AvgIpc) is 2.54. The van der Waals surface area contributed by atoms with Crippen molar-refractivity contribution >= 4 is 30.6 Å². The number of aryl methyl sites for hydroxylation is 2. The van der Waals surface area contributed by atoms with Crippen molar-refractivity contribution in [3.8, 4) is 0 Å². The molecule has 16 heavy (non-hydrogen) atoms. The van der Waals surface area contributed by atoms with Crippen LogP contribution in [0.25, 0.3) is 10.9 Å². The Morgan fingerprint density at radius 3 is 2.69 bits per heavy atom. The smallest absolute Gasteiger partial charge is 0.263 e. The topological polar surface area (TPSA) is 52.0 Å². The molecule has 0 aliphatic carbocycles. The van der Waals surface area contributed by atoms with E-state index in [0.717, 1.165) is 11.1 Å². The highest BCUT2D eigenvalue weighted by atomic mass is 35.7. The molecule has 1 aromatic carbocycles. The molecule has 2 rings (SSSR count). The Labute approximate surface area is 98.2 Å². The SMILES string of the molecule is CCn1nc2c(S(=O)(=O)Cl)cccc2c1C. The van der Waals surface area contributed by atoms with Gasteiger partial charge >= 0.3 is 0 Å². The fraction of sp³-hybridized carbons (Fsp3) is 0.300. The van der Waals surface area contributed by atoms with E-state index in [2.05, 4.69) is 5.10 Å². The van der Waals surface area contributed by atoms with Crippen LogP contribution in [-0.4, -0.2) is 18.2 Å². The Hall–Kier alpha value is -1.07. The Bertz CT molecular complexity index is 646. The van der Waals surface area contributed by atoms with E-state index in [1.807, 2.05) is 19.9 Å². The average molecular weight is 259 g/mol. The van der Waals surface area contributed by atoms with E-state index in [-0.39, 0.29) is 4.90 Å². The third-order valence-electron chi connectivity index (χ3n) is 2.56. The summed E-state index contributed by atoms with van der Waals surface area (Å²) in [6.07, 6.45) is 0. The number of rotatable bonds is 2. The van der Waals surface area contributed by atoms with Gasteiger partial charge in [-0.1, -0.05) is 12.1 Å². The summed E-state index contributed by atoms with van der Waals surface area (Å²) in [4.78, 5) is 0.0713. The van der Waals surface area contributed by atoms with Gasteiger partial charge in [0.05, 0.1) is 0 Å². The van der Waals surface area contributed by atoms with E-state index in [1.54, 1.807) is 10.7 Å². The molecule has 0 unspecified atom stereocenters. The maximum Gasteiger partial charge on any atom is 0.263 e. The van der Waals surface area contributed by atoms with Crippen molar-refractivity contribution in [3.63, 3.8) is 0 Å². The standard InChI is InChI=1S/C10H11ClN2O2S/c1-3-13-7(2)8-5-4-6-9(10(8)12-13)16(11,14)15/h4-6H,3H2,1-2H3. The molecule has 0 atom stereocenters. The third-order valence-corrected chi connectivity index (χ3v) is 3.91. The maximum absolute atomic E-state index is 11.4. The predicted octanol–water partition coefficient (Wildman–Crippen LogP) is 2.29. The molecular weight excluding hydrogens is 248 g/mol. The molecule has 6 heteroatoms. The quantitative estimate of drug-likeness (QED) is 0.777. The van der Waals surface area contributed by atoms with Gasteiger partial charge in [-0.15, -0.1) is 0 Å². The molecular formula is C10H11ClN2O2S. The van der Waals surface area contributed by atoms with Crippen molar-refractivity contribution in [1.29, 1.82) is 0 Å². The van der Waals surface area contributed by atoms with Crippen molar-refractivity contribution in [2.45, 2.75) is 25.3 Å². The summed E-state index contributed by atoms with van der Waals surface area (Å²) >= 11 is 0. The highest BCUT2D eigenvalue weighted by molar-refractivity contribution is 8.14. The van der Waals surface area contributed by atoms with E-state index in [9.17, 15) is 8.42 Å². The highest BCUT2D eigenvalue weighted by Crippen LogP contribution is 2.26. The van der Waals surface area contributed by atoms with E-state index < -0.39 is 9.05 Å². The van der Waals surface area contributed by atoms with E-state index in [1.165, 1.54) is 6.07 Å². The van der Waals surface area contributed by atoms with Crippen molar-refractivity contribution in [2.24, 2.45) is 0 Å². The first-order chi connectivity index (χ1) is 7.45. The van der Waals surface area contributed by atoms with Gasteiger partial charge in [0.25, 0.3) is 9.05 Å². The van der Waals surface area contributed by atoms with Crippen LogP contribution in [0.2, 0.25) is 0 Å². The van der Waals surface area contributed by atoms with E-state index >= 15 is 0 Å². The van der Waals surface area contributed by atoms with Crippen molar-refractivity contribution < 1.29 is 8.42 Å². The lowest BCUT2D eigenvalue weighted by atomic mass is 10.2. The summed E-state index contributed by atoms with van der Waals surface area (Å²) in [5.41, 5.74) is 1.39. The van der Waals surface area contributed by atoms with Gasteiger partial charge in [-0.2, -0.15) is 5.10 Å². The molecule has 2 aromatic rings. The number of hydrogen-bond donors (Lipinski definition) is 0. The lowest BCUT2D eigenvalue weighted by Gasteiger charge is -1.96. The Morgan fingerprint density at radius 1 is 1.44 bits per heavy atom. The minimum Gasteiger partial charge on any atom is -0.269 e. The molecule has 0 saturated carbocycles. The van der Waals surface area contributed by atoms with Crippen LogP contribution in [0.15, 0.2) is 23.1 Å². The molecule has 0 saturated heterocycles. The minimum atomic E-state index is -3.74. The first-order valence-electron chi connectivity index (χ1n) is 4.86. The summed E-state index contributed by atoms with van der Waals surface area (Å²) in [6.45, 7) is 4.56. The fourth-order valence-electron chi connectivity index (χ4n) is 1.76. The van der Waals surface area contributed by atoms with Crippen LogP contribution in [-0.2, 0) is 15.6 Å². The van der Waals surface area contributed by atoms with Crippen LogP contribution in [0.4, 0.5) is 0 Å². The molecule has 0 radical (unpaired) electrons. The second kappa shape index (κ2) is 3.75. The molecule has 1 aromatic heterocycles. The van der Waals surface area contributed by atoms with Gasteiger partial charge in [-0.25, -0.2) is 8.42 Å². The molecule has 1 heterocycles. The Balaban J connectivity index is 2.89. The molecule has 0 N–H and O–H groups in total.